The second-order valence-electron chi connectivity index (χ2n) is 5.92. The Bertz CT molecular complexity index is 499. The lowest BCUT2D eigenvalue weighted by Gasteiger charge is -2.26. The van der Waals surface area contributed by atoms with Gasteiger partial charge in [0.15, 0.2) is 0 Å². The Morgan fingerprint density at radius 1 is 1.45 bits per heavy atom. The van der Waals surface area contributed by atoms with E-state index >= 15 is 0 Å². The first kappa shape index (κ1) is 15.4. The second-order valence-corrected chi connectivity index (χ2v) is 7.06. The third kappa shape index (κ3) is 4.00. The molecule has 0 aromatic heterocycles. The highest BCUT2D eigenvalue weighted by Crippen LogP contribution is 2.28. The molecule has 0 aliphatic heterocycles. The molecule has 2 rings (SSSR count). The summed E-state index contributed by atoms with van der Waals surface area (Å²) >= 11 is 1.75. The van der Waals surface area contributed by atoms with E-state index in [1.54, 1.807) is 18.7 Å². The van der Waals surface area contributed by atoms with Crippen LogP contribution in [0.15, 0.2) is 23.1 Å². The number of nitrogens with one attached hydrogen (secondary N) is 1. The number of carboxylic acids is 1. The Morgan fingerprint density at radius 2 is 2.15 bits per heavy atom. The van der Waals surface area contributed by atoms with Gasteiger partial charge in [-0.25, -0.2) is 0 Å². The molecular weight excluding hydrogens is 270 g/mol. The van der Waals surface area contributed by atoms with Crippen LogP contribution in [0, 0.1) is 13.8 Å². The summed E-state index contributed by atoms with van der Waals surface area (Å²) in [6.07, 6.45) is 2.84. The summed E-state index contributed by atoms with van der Waals surface area (Å²) in [4.78, 5) is 12.7. The average molecular weight is 293 g/mol. The fourth-order valence-corrected chi connectivity index (χ4v) is 3.44. The molecule has 0 radical (unpaired) electrons. The standard InChI is InChI=1S/C16H23NO2S/c1-11-4-5-12(2)14(10-11)20-9-8-16(3,15(18)19)17-13-6-7-13/h4-5,10,13,17H,6-9H2,1-3H3,(H,18,19). The molecule has 1 aliphatic rings. The molecule has 0 spiro atoms. The van der Waals surface area contributed by atoms with E-state index in [0.717, 1.165) is 18.6 Å². The van der Waals surface area contributed by atoms with Crippen LogP contribution in [-0.4, -0.2) is 28.4 Å². The quantitative estimate of drug-likeness (QED) is 0.757. The van der Waals surface area contributed by atoms with Crippen LogP contribution in [0.1, 0.15) is 37.3 Å². The number of hydrogen-bond donors (Lipinski definition) is 2. The van der Waals surface area contributed by atoms with Crippen molar-refractivity contribution in [1.82, 2.24) is 5.32 Å². The highest BCUT2D eigenvalue weighted by molar-refractivity contribution is 7.99. The van der Waals surface area contributed by atoms with Gasteiger partial charge in [0.05, 0.1) is 0 Å². The number of aliphatic carboxylic acids is 1. The molecule has 1 unspecified atom stereocenters. The van der Waals surface area contributed by atoms with Gasteiger partial charge in [-0.1, -0.05) is 17.7 Å². The molecule has 1 atom stereocenters. The first-order valence-electron chi connectivity index (χ1n) is 7.12. The lowest BCUT2D eigenvalue weighted by atomic mass is 9.99. The molecule has 4 heteroatoms. The largest absolute Gasteiger partial charge is 0.480 e. The molecular formula is C16H23NO2S. The Labute approximate surface area is 125 Å². The van der Waals surface area contributed by atoms with Gasteiger partial charge in [-0.05, 0) is 51.7 Å². The van der Waals surface area contributed by atoms with Crippen molar-refractivity contribution in [3.63, 3.8) is 0 Å². The summed E-state index contributed by atoms with van der Waals surface area (Å²) in [5, 5.41) is 12.7. The SMILES string of the molecule is Cc1ccc(C)c(SCCC(C)(NC2CC2)C(=O)O)c1. The highest BCUT2D eigenvalue weighted by atomic mass is 32.2. The molecule has 0 bridgehead atoms. The molecule has 0 amide bonds. The van der Waals surface area contributed by atoms with Crippen LogP contribution in [0.4, 0.5) is 0 Å². The molecule has 1 aliphatic carbocycles. The molecule has 1 fully saturated rings. The predicted molar refractivity (Wildman–Crippen MR) is 83.5 cm³/mol. The van der Waals surface area contributed by atoms with E-state index in [9.17, 15) is 9.90 Å². The fraction of sp³-hybridized carbons (Fsp3) is 0.562. The van der Waals surface area contributed by atoms with Crippen molar-refractivity contribution < 1.29 is 9.90 Å². The van der Waals surface area contributed by atoms with Crippen molar-refractivity contribution >= 4 is 17.7 Å². The summed E-state index contributed by atoms with van der Waals surface area (Å²) < 4.78 is 0. The zero-order valence-electron chi connectivity index (χ0n) is 12.4. The van der Waals surface area contributed by atoms with Crippen LogP contribution < -0.4 is 5.32 Å². The van der Waals surface area contributed by atoms with E-state index in [1.165, 1.54) is 16.0 Å². The normalized spacial score (nSPS) is 17.8. The van der Waals surface area contributed by atoms with Gasteiger partial charge in [0.25, 0.3) is 0 Å². The molecule has 0 heterocycles. The zero-order chi connectivity index (χ0) is 14.8. The van der Waals surface area contributed by atoms with Crippen molar-refractivity contribution in [2.45, 2.75) is 56.5 Å². The lowest BCUT2D eigenvalue weighted by Crippen LogP contribution is -2.50. The molecule has 1 aromatic carbocycles. The van der Waals surface area contributed by atoms with Gasteiger partial charge >= 0.3 is 5.97 Å². The highest BCUT2D eigenvalue weighted by Gasteiger charge is 2.37. The van der Waals surface area contributed by atoms with E-state index in [4.69, 9.17) is 0 Å². The third-order valence-corrected chi connectivity index (χ3v) is 4.93. The molecule has 1 saturated carbocycles. The predicted octanol–water partition coefficient (Wildman–Crippen LogP) is 3.38. The van der Waals surface area contributed by atoms with Crippen molar-refractivity contribution in [3.8, 4) is 0 Å². The molecule has 1 aromatic rings. The minimum atomic E-state index is -0.800. The summed E-state index contributed by atoms with van der Waals surface area (Å²) in [5.41, 5.74) is 1.70. The monoisotopic (exact) mass is 293 g/mol. The molecule has 2 N–H and O–H groups in total. The van der Waals surface area contributed by atoms with E-state index in [-0.39, 0.29) is 0 Å². The number of aryl methyl sites for hydroxylation is 2. The van der Waals surface area contributed by atoms with Gasteiger partial charge < -0.3 is 5.11 Å². The number of thioether (sulfide) groups is 1. The van der Waals surface area contributed by atoms with Gasteiger partial charge in [0.2, 0.25) is 0 Å². The number of hydrogen-bond acceptors (Lipinski definition) is 3. The lowest BCUT2D eigenvalue weighted by molar-refractivity contribution is -0.144. The summed E-state index contributed by atoms with van der Waals surface area (Å²) in [5.74, 6) is 0.0678. The average Bonchev–Trinajstić information content (AvgIpc) is 3.17. The van der Waals surface area contributed by atoms with Crippen molar-refractivity contribution in [1.29, 1.82) is 0 Å². The smallest absolute Gasteiger partial charge is 0.323 e. The molecule has 110 valence electrons. The minimum Gasteiger partial charge on any atom is -0.480 e. The van der Waals surface area contributed by atoms with Gasteiger partial charge in [-0.15, -0.1) is 11.8 Å². The van der Waals surface area contributed by atoms with Gasteiger partial charge in [0, 0.05) is 16.7 Å². The topological polar surface area (TPSA) is 49.3 Å². The summed E-state index contributed by atoms with van der Waals surface area (Å²) in [6.45, 7) is 5.98. The van der Waals surface area contributed by atoms with Crippen LogP contribution in [0.3, 0.4) is 0 Å². The molecule has 3 nitrogen and oxygen atoms in total. The number of rotatable bonds is 7. The van der Waals surface area contributed by atoms with Gasteiger partial charge in [-0.2, -0.15) is 0 Å². The van der Waals surface area contributed by atoms with Crippen molar-refractivity contribution in [2.24, 2.45) is 0 Å². The minimum absolute atomic E-state index is 0.404. The van der Waals surface area contributed by atoms with Gasteiger partial charge in [0.1, 0.15) is 5.54 Å². The van der Waals surface area contributed by atoms with Crippen molar-refractivity contribution in [3.05, 3.63) is 29.3 Å². The van der Waals surface area contributed by atoms with Crippen LogP contribution in [0.5, 0.6) is 0 Å². The van der Waals surface area contributed by atoms with Crippen LogP contribution in [0.25, 0.3) is 0 Å². The fourth-order valence-electron chi connectivity index (χ4n) is 2.15. The number of carbonyl (C=O) groups is 1. The maximum Gasteiger partial charge on any atom is 0.323 e. The Kier molecular flexibility index (Phi) is 4.76. The maximum absolute atomic E-state index is 11.5. The third-order valence-electron chi connectivity index (χ3n) is 3.78. The van der Waals surface area contributed by atoms with Crippen molar-refractivity contribution in [2.75, 3.05) is 5.75 Å². The van der Waals surface area contributed by atoms with E-state index in [2.05, 4.69) is 37.4 Å². The number of benzene rings is 1. The first-order chi connectivity index (χ1) is 9.40. The first-order valence-corrected chi connectivity index (χ1v) is 8.10. The van der Waals surface area contributed by atoms with Crippen LogP contribution in [-0.2, 0) is 4.79 Å². The zero-order valence-corrected chi connectivity index (χ0v) is 13.2. The summed E-state index contributed by atoms with van der Waals surface area (Å²) in [6, 6.07) is 6.81. The maximum atomic E-state index is 11.5. The molecule has 20 heavy (non-hydrogen) atoms. The molecule has 0 saturated heterocycles. The van der Waals surface area contributed by atoms with Crippen LogP contribution >= 0.6 is 11.8 Å². The van der Waals surface area contributed by atoms with E-state index in [0.29, 0.717) is 12.5 Å². The van der Waals surface area contributed by atoms with E-state index in [1.807, 2.05) is 0 Å². The number of carboxylic acid groups (broad SMARTS) is 1. The Balaban J connectivity index is 1.92. The Hall–Kier alpha value is -1.00. The van der Waals surface area contributed by atoms with E-state index < -0.39 is 11.5 Å². The Morgan fingerprint density at radius 3 is 2.75 bits per heavy atom. The van der Waals surface area contributed by atoms with Gasteiger partial charge in [-0.3, -0.25) is 10.1 Å². The second kappa shape index (κ2) is 6.19. The van der Waals surface area contributed by atoms with Crippen LogP contribution in [0.2, 0.25) is 0 Å². The summed E-state index contributed by atoms with van der Waals surface area (Å²) in [7, 11) is 0.